The van der Waals surface area contributed by atoms with Gasteiger partial charge in [0.2, 0.25) is 0 Å². The molecule has 0 aliphatic carbocycles. The lowest BCUT2D eigenvalue weighted by Gasteiger charge is -2.23. The summed E-state index contributed by atoms with van der Waals surface area (Å²) in [5.41, 5.74) is 5.74. The third-order valence-electron chi connectivity index (χ3n) is 6.99. The number of fused-ring (bicyclic) bond motifs is 2. The topological polar surface area (TPSA) is 282 Å². The number of phosphoric acid groups is 1. The third kappa shape index (κ3) is 5.70. The predicted octanol–water partition coefficient (Wildman–Crippen LogP) is -0.778. The maximum Gasteiger partial charge on any atom is 0.695 e. The number of aliphatic hydroxyl groups excluding tert-OH is 2. The normalized spacial score (nSPS) is 29.4. The van der Waals surface area contributed by atoms with Gasteiger partial charge in [-0.1, -0.05) is 0 Å². The van der Waals surface area contributed by atoms with Crippen LogP contribution in [0.4, 0.5) is 5.82 Å². The van der Waals surface area contributed by atoms with Crippen molar-refractivity contribution >= 4 is 44.1 Å². The van der Waals surface area contributed by atoms with E-state index >= 15 is 0 Å². The summed E-state index contributed by atoms with van der Waals surface area (Å²) in [5, 5.41) is 21.1. The number of H-pyrrole nitrogens is 1. The number of ether oxygens (including phenoxy) is 2. The van der Waals surface area contributed by atoms with Gasteiger partial charge in [0.05, 0.1) is 37.4 Å². The molecule has 4 aromatic heterocycles. The van der Waals surface area contributed by atoms with Crippen molar-refractivity contribution in [1.82, 2.24) is 34.1 Å². The van der Waals surface area contributed by atoms with Crippen molar-refractivity contribution in [2.45, 2.75) is 49.4 Å². The Morgan fingerprint density at radius 3 is 2.77 bits per heavy atom. The first-order valence-electron chi connectivity index (χ1n) is 12.6. The lowest BCUT2D eigenvalue weighted by atomic mass is 10.1. The Hall–Kier alpha value is -3.26. The molecule has 6 heterocycles. The zero-order valence-corrected chi connectivity index (χ0v) is 23.5. The minimum absolute atomic E-state index is 0.00916. The zero-order chi connectivity index (χ0) is 30.5. The van der Waals surface area contributed by atoms with Crippen molar-refractivity contribution in [1.29, 1.82) is 0 Å². The van der Waals surface area contributed by atoms with Crippen molar-refractivity contribution in [2.75, 3.05) is 18.9 Å². The maximum absolute atomic E-state index is 13.1. The molecule has 0 saturated carbocycles. The number of imidazole rings is 1. The van der Waals surface area contributed by atoms with E-state index in [1.165, 1.54) is 28.0 Å². The summed E-state index contributed by atoms with van der Waals surface area (Å²) in [6.07, 6.45) is -3.61. The van der Waals surface area contributed by atoms with Gasteiger partial charge in [-0.15, -0.1) is 9.42 Å². The molecule has 2 fully saturated rings. The smallest absolute Gasteiger partial charge is 0.394 e. The van der Waals surface area contributed by atoms with E-state index in [1.807, 2.05) is 0 Å². The average molecular weight is 643 g/mol. The number of rotatable bonds is 10. The third-order valence-corrected chi connectivity index (χ3v) is 8.43. The van der Waals surface area contributed by atoms with Crippen LogP contribution in [0, 0.1) is 0 Å². The molecule has 6 rings (SSSR count). The lowest BCUT2D eigenvalue weighted by molar-refractivity contribution is -0.0607. The first-order chi connectivity index (χ1) is 20.6. The van der Waals surface area contributed by atoms with Gasteiger partial charge < -0.3 is 39.9 Å². The van der Waals surface area contributed by atoms with Crippen molar-refractivity contribution in [2.24, 2.45) is 0 Å². The Morgan fingerprint density at radius 2 is 2.00 bits per heavy atom. The molecule has 2 aliphatic heterocycles. The molecular formula is C21H25N8O12P2+. The largest absolute Gasteiger partial charge is 0.695 e. The van der Waals surface area contributed by atoms with Gasteiger partial charge in [0.25, 0.3) is 5.56 Å². The summed E-state index contributed by atoms with van der Waals surface area (Å²) in [5.74, 6) is 0.171. The predicted molar refractivity (Wildman–Crippen MR) is 141 cm³/mol. The Kier molecular flexibility index (Phi) is 8.09. The van der Waals surface area contributed by atoms with Crippen LogP contribution >= 0.6 is 16.1 Å². The van der Waals surface area contributed by atoms with Gasteiger partial charge >= 0.3 is 16.1 Å². The zero-order valence-electron chi connectivity index (χ0n) is 21.8. The fraction of sp³-hybridized carbons (Fsp3) is 0.476. The molecule has 2 saturated heterocycles. The van der Waals surface area contributed by atoms with Gasteiger partial charge in [-0.2, -0.15) is 0 Å². The van der Waals surface area contributed by atoms with E-state index in [1.54, 1.807) is 6.07 Å². The van der Waals surface area contributed by atoms with Crippen LogP contribution in [-0.4, -0.2) is 97.8 Å². The number of aromatic nitrogens is 7. The summed E-state index contributed by atoms with van der Waals surface area (Å²) >= 11 is 0. The highest BCUT2D eigenvalue weighted by atomic mass is 31.2. The lowest BCUT2D eigenvalue weighted by Crippen LogP contribution is -2.35. The molecule has 0 radical (unpaired) electrons. The highest BCUT2D eigenvalue weighted by Crippen LogP contribution is 2.50. The molecule has 2 aliphatic rings. The number of nitrogen functional groups attached to an aromatic ring is 1. The SMILES string of the molecule is Nc1ncnc2c1ccn2[C@@H]1OC(COP(=O)(O)O[C@@H]2CC(CO)O[C@H]2n2cnc3c(=O)[nH]cnc32)[C@@H](O[P+](=O)O)[C@H]1O. The standard InChI is InChI=1S/C21H24N8O12P2/c22-16-10-1-2-28(17(10)24-6-23-16)21-14(31)15(40-42(33)34)12(39-21)5-37-43(35,36)41-11-3-9(4-30)38-20(11)29-8-27-13-18(29)25-7-26-19(13)32/h1-2,6-9,11-12,14-15,20-21,30-31H,3-5H2,(H4-,22,23,24,25,26,32,33,34,35,36)/p+1/t9?,11-,12?,14-,15-,20-,21-/m1/s1. The molecule has 0 aromatic carbocycles. The molecule has 22 heteroatoms. The second-order valence-electron chi connectivity index (χ2n) is 9.61. The molecule has 0 bridgehead atoms. The van der Waals surface area contributed by atoms with Crippen LogP contribution in [0.3, 0.4) is 0 Å². The Labute approximate surface area is 240 Å². The number of hydrogen-bond acceptors (Lipinski definition) is 15. The monoisotopic (exact) mass is 643 g/mol. The van der Waals surface area contributed by atoms with E-state index in [-0.39, 0.29) is 29.0 Å². The van der Waals surface area contributed by atoms with Gasteiger partial charge in [0.15, 0.2) is 29.7 Å². The molecular weight excluding hydrogens is 618 g/mol. The van der Waals surface area contributed by atoms with E-state index in [2.05, 4.69) is 24.9 Å². The summed E-state index contributed by atoms with van der Waals surface area (Å²) in [6, 6.07) is 1.58. The average Bonchev–Trinajstić information content (AvgIpc) is 3.73. The number of aromatic amines is 1. The van der Waals surface area contributed by atoms with Crippen molar-refractivity contribution in [3.05, 3.63) is 41.6 Å². The van der Waals surface area contributed by atoms with E-state index in [9.17, 15) is 33.9 Å². The van der Waals surface area contributed by atoms with Crippen LogP contribution in [-0.2, 0) is 32.2 Å². The summed E-state index contributed by atoms with van der Waals surface area (Å²) < 4.78 is 54.5. The number of nitrogens with two attached hydrogens (primary N) is 1. The Balaban J connectivity index is 1.20. The number of phosphoric ester groups is 1. The van der Waals surface area contributed by atoms with Crippen LogP contribution in [0.15, 0.2) is 36.0 Å². The van der Waals surface area contributed by atoms with Crippen LogP contribution < -0.4 is 11.3 Å². The first kappa shape index (κ1) is 29.8. The fourth-order valence-corrected chi connectivity index (χ4v) is 6.50. The quantitative estimate of drug-likeness (QED) is 0.116. The second kappa shape index (κ2) is 11.7. The molecule has 7 N–H and O–H groups in total. The minimum atomic E-state index is -4.93. The molecule has 0 amide bonds. The number of hydrogen-bond donors (Lipinski definition) is 6. The minimum Gasteiger partial charge on any atom is -0.394 e. The summed E-state index contributed by atoms with van der Waals surface area (Å²) in [4.78, 5) is 50.6. The summed E-state index contributed by atoms with van der Waals surface area (Å²) in [7, 11) is -8.15. The molecule has 230 valence electrons. The highest BCUT2D eigenvalue weighted by molar-refractivity contribution is 7.47. The molecule has 9 atom stereocenters. The Bertz CT molecular complexity index is 1760. The number of nitrogens with one attached hydrogen (secondary N) is 1. The Morgan fingerprint density at radius 1 is 1.19 bits per heavy atom. The summed E-state index contributed by atoms with van der Waals surface area (Å²) in [6.45, 7) is -1.16. The molecule has 4 unspecified atom stereocenters. The van der Waals surface area contributed by atoms with Gasteiger partial charge in [0, 0.05) is 17.2 Å². The molecule has 0 spiro atoms. The van der Waals surface area contributed by atoms with Crippen LogP contribution in [0.1, 0.15) is 18.9 Å². The first-order valence-corrected chi connectivity index (χ1v) is 15.2. The van der Waals surface area contributed by atoms with Gasteiger partial charge in [0.1, 0.15) is 36.1 Å². The van der Waals surface area contributed by atoms with Crippen molar-refractivity contribution < 1.29 is 52.2 Å². The maximum atomic E-state index is 13.1. The van der Waals surface area contributed by atoms with E-state index in [4.69, 9.17) is 28.8 Å². The highest BCUT2D eigenvalue weighted by Gasteiger charge is 2.51. The fourth-order valence-electron chi connectivity index (χ4n) is 5.11. The second-order valence-corrected chi connectivity index (χ2v) is 11.7. The number of anilines is 1. The van der Waals surface area contributed by atoms with Gasteiger partial charge in [-0.05, 0) is 6.07 Å². The van der Waals surface area contributed by atoms with Crippen molar-refractivity contribution in [3.63, 3.8) is 0 Å². The van der Waals surface area contributed by atoms with Crippen LogP contribution in [0.2, 0.25) is 0 Å². The molecule has 43 heavy (non-hydrogen) atoms. The van der Waals surface area contributed by atoms with Crippen molar-refractivity contribution in [3.8, 4) is 0 Å². The van der Waals surface area contributed by atoms with Crippen LogP contribution in [0.5, 0.6) is 0 Å². The van der Waals surface area contributed by atoms with Gasteiger partial charge in [-0.25, -0.2) is 24.5 Å². The number of aliphatic hydroxyl groups is 2. The van der Waals surface area contributed by atoms with E-state index in [0.29, 0.717) is 5.39 Å². The molecule has 4 aromatic rings. The van der Waals surface area contributed by atoms with E-state index in [0.717, 1.165) is 6.33 Å². The van der Waals surface area contributed by atoms with E-state index < -0.39 is 77.8 Å². The van der Waals surface area contributed by atoms with Gasteiger partial charge in [-0.3, -0.25) is 18.4 Å². The number of nitrogens with zero attached hydrogens (tertiary/aromatic N) is 6. The molecule has 20 nitrogen and oxygen atoms in total. The van der Waals surface area contributed by atoms with Crippen LogP contribution in [0.25, 0.3) is 22.2 Å².